The standard InChI is InChI=1S/C19H18ClNO3S/c1-13-2-8-17(9-3-13)25(23,24)21-11-10-15-12-19(15,18(21)22)14-4-6-16(20)7-5-14/h2-9,15H,10-12H2,1H3/t15-,19-/m1/s1. The van der Waals surface area contributed by atoms with Crippen molar-refractivity contribution in [2.45, 2.75) is 30.1 Å². The van der Waals surface area contributed by atoms with Gasteiger partial charge in [0.15, 0.2) is 0 Å². The van der Waals surface area contributed by atoms with Crippen LogP contribution in [-0.2, 0) is 20.2 Å². The summed E-state index contributed by atoms with van der Waals surface area (Å²) in [7, 11) is -3.83. The quantitative estimate of drug-likeness (QED) is 0.824. The lowest BCUT2D eigenvalue weighted by Crippen LogP contribution is -2.47. The van der Waals surface area contributed by atoms with E-state index in [1.807, 2.05) is 19.1 Å². The molecule has 4 rings (SSSR count). The molecule has 0 aromatic heterocycles. The summed E-state index contributed by atoms with van der Waals surface area (Å²) >= 11 is 5.95. The number of aryl methyl sites for hydroxylation is 1. The average molecular weight is 376 g/mol. The van der Waals surface area contributed by atoms with Crippen molar-refractivity contribution in [3.05, 3.63) is 64.7 Å². The average Bonchev–Trinajstić information content (AvgIpc) is 3.33. The Balaban J connectivity index is 1.72. The Morgan fingerprint density at radius 2 is 1.72 bits per heavy atom. The van der Waals surface area contributed by atoms with Crippen LogP contribution in [0, 0.1) is 12.8 Å². The fraction of sp³-hybridized carbons (Fsp3) is 0.316. The Kier molecular flexibility index (Phi) is 3.71. The van der Waals surface area contributed by atoms with E-state index in [-0.39, 0.29) is 23.3 Å². The number of fused-ring (bicyclic) bond motifs is 1. The van der Waals surface area contributed by atoms with Crippen LogP contribution in [0.1, 0.15) is 24.0 Å². The van der Waals surface area contributed by atoms with Gasteiger partial charge in [-0.1, -0.05) is 41.4 Å². The monoisotopic (exact) mass is 375 g/mol. The summed E-state index contributed by atoms with van der Waals surface area (Å²) in [6.07, 6.45) is 1.40. The molecular weight excluding hydrogens is 358 g/mol. The van der Waals surface area contributed by atoms with Crippen molar-refractivity contribution in [3.63, 3.8) is 0 Å². The summed E-state index contributed by atoms with van der Waals surface area (Å²) < 4.78 is 27.0. The maximum absolute atomic E-state index is 13.2. The van der Waals surface area contributed by atoms with Gasteiger partial charge in [-0.2, -0.15) is 0 Å². The number of sulfonamides is 1. The molecule has 2 aliphatic rings. The smallest absolute Gasteiger partial charge is 0.266 e. The minimum atomic E-state index is -3.83. The molecule has 0 spiro atoms. The summed E-state index contributed by atoms with van der Waals surface area (Å²) in [5, 5.41) is 0.602. The number of benzene rings is 2. The van der Waals surface area contributed by atoms with E-state index in [0.717, 1.165) is 15.4 Å². The molecule has 6 heteroatoms. The van der Waals surface area contributed by atoms with Gasteiger partial charge in [0.2, 0.25) is 5.91 Å². The van der Waals surface area contributed by atoms with Crippen LogP contribution in [-0.4, -0.2) is 25.2 Å². The molecule has 25 heavy (non-hydrogen) atoms. The number of rotatable bonds is 3. The Labute approximate surface area is 152 Å². The normalized spacial score (nSPS) is 25.6. The number of halogens is 1. The van der Waals surface area contributed by atoms with E-state index in [2.05, 4.69) is 0 Å². The molecule has 130 valence electrons. The van der Waals surface area contributed by atoms with Gasteiger partial charge in [0.05, 0.1) is 10.3 Å². The van der Waals surface area contributed by atoms with Gasteiger partial charge < -0.3 is 0 Å². The molecule has 1 heterocycles. The van der Waals surface area contributed by atoms with E-state index < -0.39 is 15.4 Å². The molecule has 2 fully saturated rings. The third kappa shape index (κ3) is 2.49. The van der Waals surface area contributed by atoms with E-state index in [1.54, 1.807) is 36.4 Å². The van der Waals surface area contributed by atoms with Crippen LogP contribution in [0.3, 0.4) is 0 Å². The topological polar surface area (TPSA) is 54.5 Å². The lowest BCUT2D eigenvalue weighted by atomic mass is 9.89. The van der Waals surface area contributed by atoms with E-state index in [0.29, 0.717) is 17.9 Å². The highest BCUT2D eigenvalue weighted by Crippen LogP contribution is 2.60. The molecule has 2 atom stereocenters. The number of carbonyl (C=O) groups excluding carboxylic acids is 1. The first-order valence-corrected chi connectivity index (χ1v) is 10.1. The van der Waals surface area contributed by atoms with Gasteiger partial charge >= 0.3 is 0 Å². The summed E-state index contributed by atoms with van der Waals surface area (Å²) in [5.74, 6) is -0.0997. The fourth-order valence-corrected chi connectivity index (χ4v) is 5.42. The van der Waals surface area contributed by atoms with Crippen molar-refractivity contribution in [2.75, 3.05) is 6.54 Å². The predicted molar refractivity (Wildman–Crippen MR) is 95.9 cm³/mol. The first-order valence-electron chi connectivity index (χ1n) is 8.25. The maximum atomic E-state index is 13.2. The third-order valence-electron chi connectivity index (χ3n) is 5.36. The first-order chi connectivity index (χ1) is 11.9. The summed E-state index contributed by atoms with van der Waals surface area (Å²) in [4.78, 5) is 13.3. The molecular formula is C19H18ClNO3S. The molecule has 0 unspecified atom stereocenters. The van der Waals surface area contributed by atoms with Gasteiger partial charge in [-0.3, -0.25) is 4.79 Å². The molecule has 1 saturated carbocycles. The van der Waals surface area contributed by atoms with Crippen LogP contribution in [0.25, 0.3) is 0 Å². The van der Waals surface area contributed by atoms with Crippen molar-refractivity contribution in [2.24, 2.45) is 5.92 Å². The number of nitrogens with zero attached hydrogens (tertiary/aromatic N) is 1. The predicted octanol–water partition coefficient (Wildman–Crippen LogP) is 3.53. The van der Waals surface area contributed by atoms with Crippen molar-refractivity contribution in [1.29, 1.82) is 0 Å². The van der Waals surface area contributed by atoms with Crippen molar-refractivity contribution >= 4 is 27.5 Å². The Hall–Kier alpha value is -1.85. The number of amides is 1. The first kappa shape index (κ1) is 16.6. The highest BCUT2D eigenvalue weighted by Gasteiger charge is 2.65. The molecule has 2 aromatic carbocycles. The zero-order chi connectivity index (χ0) is 17.8. The zero-order valence-electron chi connectivity index (χ0n) is 13.8. The largest absolute Gasteiger partial charge is 0.273 e. The summed E-state index contributed by atoms with van der Waals surface area (Å²) in [6.45, 7) is 2.14. The van der Waals surface area contributed by atoms with E-state index in [9.17, 15) is 13.2 Å². The summed E-state index contributed by atoms with van der Waals surface area (Å²) in [5.41, 5.74) is 1.13. The van der Waals surface area contributed by atoms with E-state index >= 15 is 0 Å². The lowest BCUT2D eigenvalue weighted by molar-refractivity contribution is -0.131. The Bertz CT molecular complexity index is 938. The second-order valence-corrected chi connectivity index (χ2v) is 9.16. The van der Waals surface area contributed by atoms with Gasteiger partial charge in [-0.15, -0.1) is 0 Å². The fourth-order valence-electron chi connectivity index (χ4n) is 3.83. The maximum Gasteiger partial charge on any atom is 0.266 e. The van der Waals surface area contributed by atoms with Crippen LogP contribution in [0.2, 0.25) is 5.02 Å². The van der Waals surface area contributed by atoms with Gasteiger partial charge in [-0.25, -0.2) is 12.7 Å². The van der Waals surface area contributed by atoms with Crippen molar-refractivity contribution < 1.29 is 13.2 Å². The Morgan fingerprint density at radius 1 is 1.08 bits per heavy atom. The van der Waals surface area contributed by atoms with Crippen molar-refractivity contribution in [3.8, 4) is 0 Å². The summed E-state index contributed by atoms with van der Waals surface area (Å²) in [6, 6.07) is 13.8. The number of hydrogen-bond acceptors (Lipinski definition) is 3. The van der Waals surface area contributed by atoms with Gasteiger partial charge in [0.25, 0.3) is 10.0 Å². The molecule has 1 saturated heterocycles. The minimum Gasteiger partial charge on any atom is -0.273 e. The number of piperidine rings is 1. The Morgan fingerprint density at radius 3 is 2.36 bits per heavy atom. The molecule has 1 amide bonds. The van der Waals surface area contributed by atoms with Crippen LogP contribution in [0.4, 0.5) is 0 Å². The zero-order valence-corrected chi connectivity index (χ0v) is 15.3. The van der Waals surface area contributed by atoms with Crippen LogP contribution in [0.15, 0.2) is 53.4 Å². The SMILES string of the molecule is Cc1ccc(S(=O)(=O)N2CC[C@@H]3C[C@]3(c3ccc(Cl)cc3)C2=O)cc1. The molecule has 1 aliphatic carbocycles. The highest BCUT2D eigenvalue weighted by molar-refractivity contribution is 7.89. The molecule has 2 aromatic rings. The molecule has 0 radical (unpaired) electrons. The van der Waals surface area contributed by atoms with Crippen LogP contribution >= 0.6 is 11.6 Å². The highest BCUT2D eigenvalue weighted by atomic mass is 35.5. The molecule has 1 aliphatic heterocycles. The van der Waals surface area contributed by atoms with Crippen LogP contribution in [0.5, 0.6) is 0 Å². The molecule has 0 bridgehead atoms. The third-order valence-corrected chi connectivity index (χ3v) is 7.41. The van der Waals surface area contributed by atoms with Gasteiger partial charge in [0.1, 0.15) is 0 Å². The molecule has 0 N–H and O–H groups in total. The second-order valence-electron chi connectivity index (χ2n) is 6.86. The number of carbonyl (C=O) groups is 1. The van der Waals surface area contributed by atoms with Gasteiger partial charge in [0, 0.05) is 11.6 Å². The lowest BCUT2D eigenvalue weighted by Gasteiger charge is -2.32. The molecule has 4 nitrogen and oxygen atoms in total. The minimum absolute atomic E-state index is 0.164. The van der Waals surface area contributed by atoms with Crippen LogP contribution < -0.4 is 0 Å². The van der Waals surface area contributed by atoms with Gasteiger partial charge in [-0.05, 0) is 55.5 Å². The second kappa shape index (κ2) is 5.58. The number of hydrogen-bond donors (Lipinski definition) is 0. The van der Waals surface area contributed by atoms with E-state index in [4.69, 9.17) is 11.6 Å². The van der Waals surface area contributed by atoms with Crippen molar-refractivity contribution in [1.82, 2.24) is 4.31 Å². The van der Waals surface area contributed by atoms with E-state index in [1.165, 1.54) is 0 Å².